The zero-order valence-electron chi connectivity index (χ0n) is 6.00. The molecule has 0 amide bonds. The van der Waals surface area contributed by atoms with Crippen LogP contribution in [-0.2, 0) is 10.8 Å². The summed E-state index contributed by atoms with van der Waals surface area (Å²) in [6, 6.07) is 0. The maximum absolute atomic E-state index is 10.9. The molecule has 10 heavy (non-hydrogen) atoms. The summed E-state index contributed by atoms with van der Waals surface area (Å²) in [5, 5.41) is 4.53. The minimum absolute atomic E-state index is 0.292. The molecule has 0 spiro atoms. The van der Waals surface area contributed by atoms with Gasteiger partial charge in [-0.3, -0.25) is 9.63 Å². The molecule has 56 valence electrons. The first kappa shape index (κ1) is 7.47. The number of rotatable bonds is 1. The number of nitrogens with zero attached hydrogens (tertiary/aromatic N) is 1. The standard InChI is InChI=1S/C6H10N2OS/c1-5-3-6(10(2)9)8-7-4-5/h3-5,8H,1-2H3/t5-,10?/m0/s1. The molecule has 1 rings (SSSR count). The molecule has 1 heterocycles. The van der Waals surface area contributed by atoms with Gasteiger partial charge < -0.3 is 0 Å². The van der Waals surface area contributed by atoms with Gasteiger partial charge in [0.25, 0.3) is 0 Å². The van der Waals surface area contributed by atoms with Gasteiger partial charge in [0, 0.05) is 18.4 Å². The number of nitrogens with one attached hydrogen (secondary N) is 1. The third kappa shape index (κ3) is 1.67. The van der Waals surface area contributed by atoms with Crippen LogP contribution in [0.15, 0.2) is 16.2 Å². The lowest BCUT2D eigenvalue weighted by Gasteiger charge is -2.10. The van der Waals surface area contributed by atoms with Crippen LogP contribution >= 0.6 is 0 Å². The second-order valence-corrected chi connectivity index (χ2v) is 3.58. The van der Waals surface area contributed by atoms with Crippen LogP contribution in [0.2, 0.25) is 0 Å². The molecule has 0 aromatic heterocycles. The molecule has 0 aromatic carbocycles. The number of hydrogen-bond acceptors (Lipinski definition) is 3. The van der Waals surface area contributed by atoms with E-state index in [1.54, 1.807) is 12.5 Å². The molecule has 1 aliphatic rings. The van der Waals surface area contributed by atoms with Crippen molar-refractivity contribution >= 4 is 17.0 Å². The summed E-state index contributed by atoms with van der Waals surface area (Å²) in [6.07, 6.45) is 5.31. The van der Waals surface area contributed by atoms with Crippen molar-refractivity contribution in [2.45, 2.75) is 6.92 Å². The predicted molar refractivity (Wildman–Crippen MR) is 42.9 cm³/mol. The molecule has 0 bridgehead atoms. The normalized spacial score (nSPS) is 27.0. The molecule has 0 radical (unpaired) electrons. The molecule has 1 aliphatic heterocycles. The molecule has 0 fully saturated rings. The lowest BCUT2D eigenvalue weighted by molar-refractivity contribution is 0.685. The zero-order chi connectivity index (χ0) is 7.56. The zero-order valence-corrected chi connectivity index (χ0v) is 6.81. The molecule has 0 aliphatic carbocycles. The van der Waals surface area contributed by atoms with E-state index < -0.39 is 10.8 Å². The Morgan fingerprint density at radius 1 is 1.80 bits per heavy atom. The Bertz CT molecular complexity index is 210. The number of allylic oxidation sites excluding steroid dienone is 1. The smallest absolute Gasteiger partial charge is 0.116 e. The van der Waals surface area contributed by atoms with Crippen molar-refractivity contribution in [3.05, 3.63) is 11.1 Å². The van der Waals surface area contributed by atoms with E-state index in [4.69, 9.17) is 0 Å². The highest BCUT2D eigenvalue weighted by Gasteiger charge is 2.06. The minimum Gasteiger partial charge on any atom is -0.270 e. The molecular formula is C6H10N2OS. The average Bonchev–Trinajstić information content (AvgIpc) is 1.88. The highest BCUT2D eigenvalue weighted by Crippen LogP contribution is 2.05. The van der Waals surface area contributed by atoms with Gasteiger partial charge in [-0.15, -0.1) is 0 Å². The predicted octanol–water partition coefficient (Wildman–Crippen LogP) is 0.431. The van der Waals surface area contributed by atoms with Crippen LogP contribution in [0, 0.1) is 5.92 Å². The molecular weight excluding hydrogens is 148 g/mol. The largest absolute Gasteiger partial charge is 0.270 e. The van der Waals surface area contributed by atoms with E-state index in [2.05, 4.69) is 10.5 Å². The van der Waals surface area contributed by atoms with Crippen molar-refractivity contribution in [2.24, 2.45) is 11.0 Å². The quantitative estimate of drug-likeness (QED) is 0.601. The van der Waals surface area contributed by atoms with E-state index in [0.29, 0.717) is 10.9 Å². The fourth-order valence-electron chi connectivity index (χ4n) is 0.698. The Morgan fingerprint density at radius 3 is 2.90 bits per heavy atom. The Kier molecular flexibility index (Phi) is 2.21. The highest BCUT2D eigenvalue weighted by molar-refractivity contribution is 7.88. The van der Waals surface area contributed by atoms with Crippen LogP contribution in [-0.4, -0.2) is 16.7 Å². The molecule has 4 heteroatoms. The molecule has 3 nitrogen and oxygen atoms in total. The van der Waals surface area contributed by atoms with Crippen molar-refractivity contribution in [1.82, 2.24) is 5.43 Å². The molecule has 1 N–H and O–H groups in total. The van der Waals surface area contributed by atoms with Gasteiger partial charge in [0.05, 0.1) is 10.8 Å². The van der Waals surface area contributed by atoms with Gasteiger partial charge in [-0.2, -0.15) is 5.10 Å². The summed E-state index contributed by atoms with van der Waals surface area (Å²) in [6.45, 7) is 2.00. The third-order valence-electron chi connectivity index (χ3n) is 1.21. The van der Waals surface area contributed by atoms with Crippen molar-refractivity contribution < 1.29 is 4.21 Å². The summed E-state index contributed by atoms with van der Waals surface area (Å²) in [4.78, 5) is 0. The maximum Gasteiger partial charge on any atom is 0.116 e. The topological polar surface area (TPSA) is 41.5 Å². The maximum atomic E-state index is 10.9. The average molecular weight is 158 g/mol. The van der Waals surface area contributed by atoms with Gasteiger partial charge in [-0.05, 0) is 6.08 Å². The molecule has 0 saturated carbocycles. The van der Waals surface area contributed by atoms with Crippen LogP contribution in [0.1, 0.15) is 6.92 Å². The third-order valence-corrected chi connectivity index (χ3v) is 2.06. The van der Waals surface area contributed by atoms with Gasteiger partial charge in [-0.1, -0.05) is 6.92 Å². The van der Waals surface area contributed by atoms with Gasteiger partial charge in [0.15, 0.2) is 0 Å². The van der Waals surface area contributed by atoms with Crippen molar-refractivity contribution in [2.75, 3.05) is 6.26 Å². The lowest BCUT2D eigenvalue weighted by atomic mass is 10.2. The highest BCUT2D eigenvalue weighted by atomic mass is 32.2. The molecule has 0 saturated heterocycles. The van der Waals surface area contributed by atoms with E-state index in [-0.39, 0.29) is 0 Å². The van der Waals surface area contributed by atoms with Crippen LogP contribution in [0.4, 0.5) is 0 Å². The lowest BCUT2D eigenvalue weighted by Crippen LogP contribution is -2.16. The SMILES string of the molecule is C[C@@H]1C=NNC(S(C)=O)=C1. The fourth-order valence-corrected chi connectivity index (χ4v) is 1.29. The van der Waals surface area contributed by atoms with Gasteiger partial charge in [0.1, 0.15) is 5.03 Å². The summed E-state index contributed by atoms with van der Waals surface area (Å²) in [5.74, 6) is 0.292. The van der Waals surface area contributed by atoms with E-state index in [1.807, 2.05) is 13.0 Å². The van der Waals surface area contributed by atoms with Crippen LogP contribution in [0.5, 0.6) is 0 Å². The van der Waals surface area contributed by atoms with E-state index in [1.165, 1.54) is 0 Å². The Hall–Kier alpha value is -0.640. The second kappa shape index (κ2) is 2.96. The summed E-state index contributed by atoms with van der Waals surface area (Å²) in [7, 11) is -0.936. The van der Waals surface area contributed by atoms with Crippen LogP contribution < -0.4 is 5.43 Å². The Morgan fingerprint density at radius 2 is 2.50 bits per heavy atom. The summed E-state index contributed by atoms with van der Waals surface area (Å²) < 4.78 is 10.9. The monoisotopic (exact) mass is 158 g/mol. The first-order valence-corrected chi connectivity index (χ1v) is 4.60. The second-order valence-electron chi connectivity index (χ2n) is 2.23. The first-order valence-electron chi connectivity index (χ1n) is 3.04. The van der Waals surface area contributed by atoms with E-state index in [9.17, 15) is 4.21 Å². The van der Waals surface area contributed by atoms with Crippen molar-refractivity contribution in [3.8, 4) is 0 Å². The van der Waals surface area contributed by atoms with Gasteiger partial charge >= 0.3 is 0 Å². The first-order chi connectivity index (χ1) is 4.70. The fraction of sp³-hybridized carbons (Fsp3) is 0.500. The summed E-state index contributed by atoms with van der Waals surface area (Å²) in [5.41, 5.74) is 2.68. The number of hydrogen-bond donors (Lipinski definition) is 1. The van der Waals surface area contributed by atoms with E-state index >= 15 is 0 Å². The molecule has 2 atom stereocenters. The minimum atomic E-state index is -0.936. The molecule has 0 aromatic rings. The van der Waals surface area contributed by atoms with E-state index in [0.717, 1.165) is 0 Å². The number of hydrazone groups is 1. The van der Waals surface area contributed by atoms with Crippen molar-refractivity contribution in [1.29, 1.82) is 0 Å². The van der Waals surface area contributed by atoms with Gasteiger partial charge in [0.2, 0.25) is 0 Å². The van der Waals surface area contributed by atoms with Crippen LogP contribution in [0.25, 0.3) is 0 Å². The Balaban J connectivity index is 2.71. The Labute approximate surface area is 62.7 Å². The summed E-state index contributed by atoms with van der Waals surface area (Å²) >= 11 is 0. The van der Waals surface area contributed by atoms with Gasteiger partial charge in [-0.25, -0.2) is 0 Å². The van der Waals surface area contributed by atoms with Crippen LogP contribution in [0.3, 0.4) is 0 Å². The molecule has 1 unspecified atom stereocenters. The van der Waals surface area contributed by atoms with Crippen molar-refractivity contribution in [3.63, 3.8) is 0 Å².